The second-order valence-corrected chi connectivity index (χ2v) is 8.18. The molecule has 0 saturated heterocycles. The van der Waals surface area contributed by atoms with E-state index in [2.05, 4.69) is 10.6 Å². The number of amides is 3. The summed E-state index contributed by atoms with van der Waals surface area (Å²) < 4.78 is 16.0. The van der Waals surface area contributed by atoms with E-state index < -0.39 is 6.04 Å². The molecule has 0 radical (unpaired) electrons. The second-order valence-electron chi connectivity index (χ2n) is 8.18. The van der Waals surface area contributed by atoms with Crippen LogP contribution in [0.25, 0.3) is 0 Å². The molecule has 2 N–H and O–H groups in total. The van der Waals surface area contributed by atoms with E-state index in [9.17, 15) is 9.59 Å². The minimum atomic E-state index is -0.666. The van der Waals surface area contributed by atoms with Crippen LogP contribution in [0.1, 0.15) is 31.4 Å². The number of fused-ring (bicyclic) bond motifs is 1. The van der Waals surface area contributed by atoms with Crippen LogP contribution in [0.2, 0.25) is 0 Å². The number of nitrogens with zero attached hydrogens (tertiary/aromatic N) is 1. The lowest BCUT2D eigenvalue weighted by atomic mass is 9.97. The highest BCUT2D eigenvalue weighted by Gasteiger charge is 2.30. The van der Waals surface area contributed by atoms with Gasteiger partial charge in [0.1, 0.15) is 11.8 Å². The fraction of sp³-hybridized carbons (Fsp3) is 0.440. The first-order chi connectivity index (χ1) is 15.9. The largest absolute Gasteiger partial charge is 0.497 e. The van der Waals surface area contributed by atoms with E-state index in [-0.39, 0.29) is 17.9 Å². The van der Waals surface area contributed by atoms with Crippen molar-refractivity contribution in [2.24, 2.45) is 5.92 Å². The maximum atomic E-state index is 13.1. The van der Waals surface area contributed by atoms with E-state index in [1.54, 1.807) is 44.4 Å². The minimum absolute atomic E-state index is 0.0408. The van der Waals surface area contributed by atoms with Crippen LogP contribution in [0.15, 0.2) is 36.4 Å². The number of urea groups is 1. The van der Waals surface area contributed by atoms with Crippen LogP contribution >= 0.6 is 0 Å². The Bertz CT molecular complexity index is 994. The van der Waals surface area contributed by atoms with Gasteiger partial charge in [-0.3, -0.25) is 4.79 Å². The average molecular weight is 456 g/mol. The molecule has 1 unspecified atom stereocenters. The number of methoxy groups -OCH3 is 3. The molecule has 2 aromatic rings. The van der Waals surface area contributed by atoms with Crippen molar-refractivity contribution in [3.05, 3.63) is 47.5 Å². The molecule has 3 amide bonds. The highest BCUT2D eigenvalue weighted by molar-refractivity contribution is 5.97. The summed E-state index contributed by atoms with van der Waals surface area (Å²) in [6.07, 6.45) is 1.45. The lowest BCUT2D eigenvalue weighted by Crippen LogP contribution is -2.53. The first-order valence-corrected chi connectivity index (χ1v) is 11.1. The Morgan fingerprint density at radius 3 is 2.36 bits per heavy atom. The topological polar surface area (TPSA) is 89.1 Å². The summed E-state index contributed by atoms with van der Waals surface area (Å²) in [6.45, 7) is 4.95. The van der Waals surface area contributed by atoms with Crippen molar-refractivity contribution >= 4 is 17.6 Å². The highest BCUT2D eigenvalue weighted by atomic mass is 16.5. The summed E-state index contributed by atoms with van der Waals surface area (Å²) >= 11 is 0. The van der Waals surface area contributed by atoms with Crippen LogP contribution in [0.3, 0.4) is 0 Å². The van der Waals surface area contributed by atoms with Crippen molar-refractivity contribution in [1.29, 1.82) is 0 Å². The van der Waals surface area contributed by atoms with Gasteiger partial charge in [-0.2, -0.15) is 0 Å². The molecule has 178 valence electrons. The summed E-state index contributed by atoms with van der Waals surface area (Å²) in [4.78, 5) is 27.9. The molecule has 0 spiro atoms. The molecular weight excluding hydrogens is 422 g/mol. The molecule has 0 aliphatic carbocycles. The summed E-state index contributed by atoms with van der Waals surface area (Å²) in [5, 5.41) is 5.86. The minimum Gasteiger partial charge on any atom is -0.497 e. The Kier molecular flexibility index (Phi) is 8.03. The van der Waals surface area contributed by atoms with Gasteiger partial charge in [-0.1, -0.05) is 26.3 Å². The Morgan fingerprint density at radius 1 is 1.03 bits per heavy atom. The standard InChI is InChI=1S/C25H33N3O5/c1-6-16(2)23(24(29)26-19-8-7-9-20(14-19)31-3)27-25(30)28-11-10-17-12-21(32-4)22(33-5)13-18(17)15-28/h7-9,12-14,16,23H,6,10-11,15H2,1-5H3,(H,26,29)(H,27,30)/t16-,23?/m1/s1. The molecule has 33 heavy (non-hydrogen) atoms. The van der Waals surface area contributed by atoms with Crippen molar-refractivity contribution in [2.45, 2.75) is 39.3 Å². The molecule has 2 atom stereocenters. The Morgan fingerprint density at radius 2 is 1.73 bits per heavy atom. The molecule has 0 bridgehead atoms. The average Bonchev–Trinajstić information content (AvgIpc) is 2.85. The number of carbonyl (C=O) groups excluding carboxylic acids is 2. The number of carbonyl (C=O) groups is 2. The number of hydrogen-bond acceptors (Lipinski definition) is 5. The molecule has 8 nitrogen and oxygen atoms in total. The number of nitrogens with one attached hydrogen (secondary N) is 2. The smallest absolute Gasteiger partial charge is 0.318 e. The van der Waals surface area contributed by atoms with E-state index in [0.717, 1.165) is 17.5 Å². The van der Waals surface area contributed by atoms with Crippen LogP contribution in [-0.4, -0.2) is 50.8 Å². The second kappa shape index (κ2) is 10.9. The van der Waals surface area contributed by atoms with Crippen molar-refractivity contribution in [3.63, 3.8) is 0 Å². The van der Waals surface area contributed by atoms with Gasteiger partial charge >= 0.3 is 6.03 Å². The first-order valence-electron chi connectivity index (χ1n) is 11.1. The molecule has 3 rings (SSSR count). The number of anilines is 1. The Labute approximate surface area is 195 Å². The van der Waals surface area contributed by atoms with Crippen LogP contribution in [0.5, 0.6) is 17.2 Å². The molecule has 0 saturated carbocycles. The zero-order valence-electron chi connectivity index (χ0n) is 19.9. The Hall–Kier alpha value is -3.42. The predicted molar refractivity (Wildman–Crippen MR) is 127 cm³/mol. The van der Waals surface area contributed by atoms with Gasteiger partial charge in [-0.05, 0) is 47.7 Å². The summed E-state index contributed by atoms with van der Waals surface area (Å²) in [5.74, 6) is 1.67. The van der Waals surface area contributed by atoms with Crippen LogP contribution in [0, 0.1) is 5.92 Å². The third-order valence-electron chi connectivity index (χ3n) is 6.12. The molecule has 0 fully saturated rings. The monoisotopic (exact) mass is 455 g/mol. The van der Waals surface area contributed by atoms with Crippen molar-refractivity contribution in [3.8, 4) is 17.2 Å². The number of hydrogen-bond donors (Lipinski definition) is 2. The lowest BCUT2D eigenvalue weighted by Gasteiger charge is -2.32. The van der Waals surface area contributed by atoms with E-state index in [1.807, 2.05) is 32.0 Å². The summed E-state index contributed by atoms with van der Waals surface area (Å²) in [7, 11) is 4.78. The van der Waals surface area contributed by atoms with E-state index in [1.165, 1.54) is 0 Å². The van der Waals surface area contributed by atoms with Gasteiger partial charge < -0.3 is 29.7 Å². The molecule has 2 aromatic carbocycles. The van der Waals surface area contributed by atoms with Crippen molar-refractivity contribution in [2.75, 3.05) is 33.2 Å². The van der Waals surface area contributed by atoms with Gasteiger partial charge in [0.25, 0.3) is 0 Å². The van der Waals surface area contributed by atoms with Crippen molar-refractivity contribution < 1.29 is 23.8 Å². The fourth-order valence-corrected chi connectivity index (χ4v) is 3.90. The molecular formula is C25H33N3O5. The van der Waals surface area contributed by atoms with Crippen LogP contribution in [0.4, 0.5) is 10.5 Å². The van der Waals surface area contributed by atoms with Gasteiger partial charge in [-0.15, -0.1) is 0 Å². The van der Waals surface area contributed by atoms with E-state index >= 15 is 0 Å². The molecule has 1 aliphatic heterocycles. The predicted octanol–water partition coefficient (Wildman–Crippen LogP) is 3.83. The quantitative estimate of drug-likeness (QED) is 0.632. The highest BCUT2D eigenvalue weighted by Crippen LogP contribution is 2.33. The first kappa shape index (κ1) is 24.2. The number of ether oxygens (including phenoxy) is 3. The van der Waals surface area contributed by atoms with Gasteiger partial charge in [-0.25, -0.2) is 4.79 Å². The number of rotatable bonds is 8. The van der Waals surface area contributed by atoms with Gasteiger partial charge in [0.15, 0.2) is 11.5 Å². The number of benzene rings is 2. The maximum absolute atomic E-state index is 13.1. The molecule has 8 heteroatoms. The normalized spacial score (nSPS) is 14.5. The maximum Gasteiger partial charge on any atom is 0.318 e. The van der Waals surface area contributed by atoms with E-state index in [4.69, 9.17) is 14.2 Å². The van der Waals surface area contributed by atoms with E-state index in [0.29, 0.717) is 42.4 Å². The van der Waals surface area contributed by atoms with Crippen LogP contribution < -0.4 is 24.8 Å². The zero-order chi connectivity index (χ0) is 24.0. The van der Waals surface area contributed by atoms with Gasteiger partial charge in [0, 0.05) is 24.8 Å². The van der Waals surface area contributed by atoms with Crippen LogP contribution in [-0.2, 0) is 17.8 Å². The SMILES string of the molecule is CC[C@@H](C)C(NC(=O)N1CCc2cc(OC)c(OC)cc2C1)C(=O)Nc1cccc(OC)c1. The molecule has 0 aromatic heterocycles. The third-order valence-corrected chi connectivity index (χ3v) is 6.12. The summed E-state index contributed by atoms with van der Waals surface area (Å²) in [5.41, 5.74) is 2.76. The van der Waals surface area contributed by atoms with Gasteiger partial charge in [0.2, 0.25) is 5.91 Å². The lowest BCUT2D eigenvalue weighted by molar-refractivity contribution is -0.119. The van der Waals surface area contributed by atoms with Gasteiger partial charge in [0.05, 0.1) is 21.3 Å². The zero-order valence-corrected chi connectivity index (χ0v) is 19.9. The summed E-state index contributed by atoms with van der Waals surface area (Å²) in [6, 6.07) is 10.1. The molecule has 1 aliphatic rings. The third kappa shape index (κ3) is 5.69. The fourth-order valence-electron chi connectivity index (χ4n) is 3.90. The Balaban J connectivity index is 1.72. The van der Waals surface area contributed by atoms with Crippen molar-refractivity contribution in [1.82, 2.24) is 10.2 Å². The molecule has 1 heterocycles.